The van der Waals surface area contributed by atoms with Crippen molar-refractivity contribution in [2.75, 3.05) is 18.4 Å². The average molecular weight is 499 g/mol. The minimum absolute atomic E-state index is 0.115. The molecule has 3 heterocycles. The maximum absolute atomic E-state index is 13.9. The third kappa shape index (κ3) is 4.64. The lowest BCUT2D eigenvalue weighted by molar-refractivity contribution is -0.919. The molecule has 5 rings (SSSR count). The zero-order chi connectivity index (χ0) is 25.2. The molecule has 0 atom stereocenters. The number of aromatic nitrogens is 3. The van der Waals surface area contributed by atoms with Crippen LogP contribution in [0.15, 0.2) is 67.1 Å². The van der Waals surface area contributed by atoms with E-state index < -0.39 is 40.8 Å². The average Bonchev–Trinajstić information content (AvgIpc) is 3.56. The van der Waals surface area contributed by atoms with Gasteiger partial charge in [0.15, 0.2) is 23.3 Å². The number of likely N-dealkylation sites (tertiary alicyclic amines) is 1. The molecule has 6 nitrogen and oxygen atoms in total. The first-order valence-electron chi connectivity index (χ1n) is 11.7. The number of hydrogen-bond donors (Lipinski definition) is 2. The molecule has 0 radical (unpaired) electrons. The Balaban J connectivity index is 1.27. The van der Waals surface area contributed by atoms with Gasteiger partial charge >= 0.3 is 0 Å². The first-order valence-corrected chi connectivity index (χ1v) is 11.7. The number of rotatable bonds is 6. The number of halogens is 4. The van der Waals surface area contributed by atoms with Gasteiger partial charge in [-0.05, 0) is 24.3 Å². The predicted molar refractivity (Wildman–Crippen MR) is 125 cm³/mol. The molecule has 1 saturated heterocycles. The van der Waals surface area contributed by atoms with Crippen LogP contribution < -0.4 is 10.2 Å². The van der Waals surface area contributed by atoms with E-state index in [1.807, 2.05) is 75.6 Å². The van der Waals surface area contributed by atoms with Crippen LogP contribution in [0.5, 0.6) is 0 Å². The van der Waals surface area contributed by atoms with Gasteiger partial charge in [-0.1, -0.05) is 18.2 Å². The number of piperidine rings is 1. The monoisotopic (exact) mass is 498 g/mol. The molecule has 2 N–H and O–H groups in total. The molecule has 1 aliphatic rings. The van der Waals surface area contributed by atoms with E-state index in [0.717, 1.165) is 17.1 Å². The van der Waals surface area contributed by atoms with Crippen molar-refractivity contribution in [2.45, 2.75) is 19.4 Å². The van der Waals surface area contributed by atoms with Crippen LogP contribution in [0.1, 0.15) is 18.4 Å². The lowest BCUT2D eigenvalue weighted by Gasteiger charge is -2.28. The first-order chi connectivity index (χ1) is 17.4. The standard InChI is InChI=1S/C26H23F4N5O/c27-20-14-21(28)23(30)24(22(20)29)32-25(36)17-8-12-33(13-9-17)16-18-15-31-35(19-6-2-1-3-7-19)26(18)34-10-4-5-11-34/h1-7,10-11,14-15,17H,8-9,12-13,16H2,(H,32,36)/p+1. The van der Waals surface area contributed by atoms with Crippen molar-refractivity contribution in [3.8, 4) is 11.5 Å². The first kappa shape index (κ1) is 23.8. The molecule has 10 heteroatoms. The molecule has 0 spiro atoms. The second-order valence-electron chi connectivity index (χ2n) is 8.86. The molecule has 4 aromatic rings. The summed E-state index contributed by atoms with van der Waals surface area (Å²) in [5.41, 5.74) is 0.885. The number of carbonyl (C=O) groups is 1. The molecule has 1 fully saturated rings. The molecule has 2 aromatic carbocycles. The van der Waals surface area contributed by atoms with Crippen molar-refractivity contribution in [1.29, 1.82) is 0 Å². The van der Waals surface area contributed by atoms with E-state index in [9.17, 15) is 22.4 Å². The zero-order valence-electron chi connectivity index (χ0n) is 19.2. The van der Waals surface area contributed by atoms with E-state index in [0.29, 0.717) is 32.5 Å². The van der Waals surface area contributed by atoms with E-state index in [4.69, 9.17) is 0 Å². The summed E-state index contributed by atoms with van der Waals surface area (Å²) in [6.45, 7) is 1.96. The lowest BCUT2D eigenvalue weighted by atomic mass is 9.95. The van der Waals surface area contributed by atoms with Crippen LogP contribution in [0.25, 0.3) is 11.5 Å². The topological polar surface area (TPSA) is 56.3 Å². The second-order valence-corrected chi connectivity index (χ2v) is 8.86. The number of carbonyl (C=O) groups excluding carboxylic acids is 1. The molecule has 1 amide bonds. The number of quaternary nitrogens is 1. The molecule has 36 heavy (non-hydrogen) atoms. The number of anilines is 1. The Labute approximate surface area is 204 Å². The molecule has 0 saturated carbocycles. The van der Waals surface area contributed by atoms with Crippen molar-refractivity contribution in [3.05, 3.63) is 96.0 Å². The van der Waals surface area contributed by atoms with Gasteiger partial charge in [-0.2, -0.15) is 5.10 Å². The van der Waals surface area contributed by atoms with Crippen molar-refractivity contribution in [1.82, 2.24) is 14.3 Å². The minimum atomic E-state index is -1.61. The molecule has 2 aromatic heterocycles. The number of nitrogens with one attached hydrogen (secondary N) is 2. The maximum atomic E-state index is 13.9. The van der Waals surface area contributed by atoms with Gasteiger partial charge < -0.3 is 14.8 Å². The Hall–Kier alpha value is -3.92. The second kappa shape index (κ2) is 9.98. The quantitative estimate of drug-likeness (QED) is 0.315. The summed E-state index contributed by atoms with van der Waals surface area (Å²) in [4.78, 5) is 13.8. The predicted octanol–water partition coefficient (Wildman–Crippen LogP) is 3.65. The maximum Gasteiger partial charge on any atom is 0.228 e. The van der Waals surface area contributed by atoms with Crippen molar-refractivity contribution >= 4 is 11.6 Å². The van der Waals surface area contributed by atoms with Crippen LogP contribution >= 0.6 is 0 Å². The highest BCUT2D eigenvalue weighted by Crippen LogP contribution is 2.26. The van der Waals surface area contributed by atoms with Gasteiger partial charge in [-0.25, -0.2) is 22.2 Å². The largest absolute Gasteiger partial charge is 0.331 e. The molecule has 0 unspecified atom stereocenters. The lowest BCUT2D eigenvalue weighted by Crippen LogP contribution is -3.11. The smallest absolute Gasteiger partial charge is 0.228 e. The van der Waals surface area contributed by atoms with Crippen molar-refractivity contribution < 1.29 is 27.3 Å². The highest BCUT2D eigenvalue weighted by Gasteiger charge is 2.31. The van der Waals surface area contributed by atoms with Crippen LogP contribution in [0.2, 0.25) is 0 Å². The summed E-state index contributed by atoms with van der Waals surface area (Å²) in [6, 6.07) is 13.8. The van der Waals surface area contributed by atoms with Crippen LogP contribution in [0.4, 0.5) is 23.2 Å². The van der Waals surface area contributed by atoms with Gasteiger partial charge in [-0.15, -0.1) is 0 Å². The number of nitrogens with zero attached hydrogens (tertiary/aromatic N) is 3. The Kier molecular flexibility index (Phi) is 6.60. The fourth-order valence-electron chi connectivity index (χ4n) is 4.65. The summed E-state index contributed by atoms with van der Waals surface area (Å²) in [5.74, 6) is -6.58. The van der Waals surface area contributed by atoms with Gasteiger partial charge in [0.1, 0.15) is 18.1 Å². The van der Waals surface area contributed by atoms with Gasteiger partial charge in [0.05, 0.1) is 30.5 Å². The highest BCUT2D eigenvalue weighted by atomic mass is 19.2. The van der Waals surface area contributed by atoms with Gasteiger partial charge in [0.2, 0.25) is 5.91 Å². The van der Waals surface area contributed by atoms with Gasteiger partial charge in [0, 0.05) is 37.2 Å². The molecule has 0 aliphatic carbocycles. The van der Waals surface area contributed by atoms with Crippen LogP contribution in [-0.4, -0.2) is 33.3 Å². The van der Waals surface area contributed by atoms with Gasteiger partial charge in [0.25, 0.3) is 0 Å². The van der Waals surface area contributed by atoms with Crippen LogP contribution in [0, 0.1) is 29.2 Å². The Morgan fingerprint density at radius 1 is 0.972 bits per heavy atom. The molecular formula is C26H24F4N5O+. The number of para-hydroxylation sites is 1. The van der Waals surface area contributed by atoms with E-state index in [2.05, 4.69) is 5.10 Å². The Morgan fingerprint density at radius 2 is 1.61 bits per heavy atom. The van der Waals surface area contributed by atoms with E-state index in [-0.39, 0.29) is 6.07 Å². The third-order valence-electron chi connectivity index (χ3n) is 6.53. The normalized spacial score (nSPS) is 17.8. The summed E-state index contributed by atoms with van der Waals surface area (Å²) < 4.78 is 58.7. The molecular weight excluding hydrogens is 474 g/mol. The van der Waals surface area contributed by atoms with Crippen molar-refractivity contribution in [3.63, 3.8) is 0 Å². The van der Waals surface area contributed by atoms with E-state index in [1.165, 1.54) is 4.90 Å². The number of benzene rings is 2. The van der Waals surface area contributed by atoms with Crippen LogP contribution in [0.3, 0.4) is 0 Å². The molecule has 0 bridgehead atoms. The summed E-state index contributed by atoms with van der Waals surface area (Å²) in [6.07, 6.45) is 6.69. The molecule has 186 valence electrons. The SMILES string of the molecule is O=C(Nc1c(F)c(F)cc(F)c1F)C1CC[NH+](Cc2cnn(-c3ccccc3)c2-n2cccc2)CC1. The molecule has 1 aliphatic heterocycles. The summed E-state index contributed by atoms with van der Waals surface area (Å²) in [7, 11) is 0. The van der Waals surface area contributed by atoms with Crippen molar-refractivity contribution in [2.24, 2.45) is 5.92 Å². The third-order valence-corrected chi connectivity index (χ3v) is 6.53. The Morgan fingerprint density at radius 3 is 2.25 bits per heavy atom. The number of amides is 1. The summed E-state index contributed by atoms with van der Waals surface area (Å²) in [5, 5.41) is 6.66. The highest BCUT2D eigenvalue weighted by molar-refractivity contribution is 5.92. The fraction of sp³-hybridized carbons (Fsp3) is 0.231. The number of hydrogen-bond acceptors (Lipinski definition) is 2. The van der Waals surface area contributed by atoms with Gasteiger partial charge in [-0.3, -0.25) is 4.79 Å². The zero-order valence-corrected chi connectivity index (χ0v) is 19.2. The Bertz CT molecular complexity index is 1340. The van der Waals surface area contributed by atoms with Crippen LogP contribution in [-0.2, 0) is 11.3 Å². The van der Waals surface area contributed by atoms with E-state index >= 15 is 0 Å². The summed E-state index contributed by atoms with van der Waals surface area (Å²) >= 11 is 0. The van der Waals surface area contributed by atoms with E-state index in [1.54, 1.807) is 0 Å². The minimum Gasteiger partial charge on any atom is -0.331 e. The fourth-order valence-corrected chi connectivity index (χ4v) is 4.65.